The van der Waals surface area contributed by atoms with Crippen molar-refractivity contribution in [1.82, 2.24) is 4.98 Å². The van der Waals surface area contributed by atoms with Crippen LogP contribution in [0.3, 0.4) is 0 Å². The zero-order valence-electron chi connectivity index (χ0n) is 17.4. The van der Waals surface area contributed by atoms with Crippen LogP contribution in [0.2, 0.25) is 0 Å². The normalized spacial score (nSPS) is 13.1. The van der Waals surface area contributed by atoms with Crippen LogP contribution in [0.4, 0.5) is 5.69 Å². The molecule has 0 saturated heterocycles. The first kappa shape index (κ1) is 20.4. The molecule has 4 nitrogen and oxygen atoms in total. The second kappa shape index (κ2) is 7.88. The van der Waals surface area contributed by atoms with Crippen LogP contribution in [0.1, 0.15) is 24.0 Å². The van der Waals surface area contributed by atoms with Crippen molar-refractivity contribution in [1.29, 1.82) is 0 Å². The molecule has 0 bridgehead atoms. The molecule has 0 fully saturated rings. The summed E-state index contributed by atoms with van der Waals surface area (Å²) in [6.45, 7) is 0. The number of hydrogen-bond acceptors (Lipinski definition) is 3. The minimum atomic E-state index is -0.362. The molecule has 0 amide bonds. The van der Waals surface area contributed by atoms with E-state index in [4.69, 9.17) is 0 Å². The fourth-order valence-electron chi connectivity index (χ4n) is 5.17. The second-order valence-corrected chi connectivity index (χ2v) is 8.27. The molecule has 5 heteroatoms. The monoisotopic (exact) mass is 440 g/mol. The van der Waals surface area contributed by atoms with Crippen molar-refractivity contribution in [3.05, 3.63) is 94.2 Å². The number of nitrogens with zero attached hydrogens (tertiary/aromatic N) is 2. The molecule has 0 radical (unpaired) electrons. The highest BCUT2D eigenvalue weighted by Gasteiger charge is 2.19. The Morgan fingerprint density at radius 1 is 0.719 bits per heavy atom. The van der Waals surface area contributed by atoms with Gasteiger partial charge in [0.25, 0.3) is 5.69 Å². The largest absolute Gasteiger partial charge is 0.295 e. The van der Waals surface area contributed by atoms with Crippen molar-refractivity contribution >= 4 is 50.4 Å². The first-order chi connectivity index (χ1) is 15.2. The van der Waals surface area contributed by atoms with Gasteiger partial charge in [-0.1, -0.05) is 60.7 Å². The number of aryl methyl sites for hydroxylation is 2. The highest BCUT2D eigenvalue weighted by Crippen LogP contribution is 2.39. The SMILES string of the molecule is Cl.O=[N+]([O-])c1cnc(-c2cccc3c2ccc2c4c(ccc23)CCCC4)c2ccccc12. The Balaban J connectivity index is 0.00000216. The van der Waals surface area contributed by atoms with E-state index >= 15 is 0 Å². The Labute approximate surface area is 191 Å². The molecule has 158 valence electrons. The zero-order valence-corrected chi connectivity index (χ0v) is 18.2. The summed E-state index contributed by atoms with van der Waals surface area (Å²) >= 11 is 0. The minimum Gasteiger partial charge on any atom is -0.258 e. The van der Waals surface area contributed by atoms with E-state index in [2.05, 4.69) is 47.4 Å². The van der Waals surface area contributed by atoms with Crippen LogP contribution in [0.25, 0.3) is 43.6 Å². The number of rotatable bonds is 2. The van der Waals surface area contributed by atoms with Gasteiger partial charge < -0.3 is 0 Å². The lowest BCUT2D eigenvalue weighted by molar-refractivity contribution is -0.383. The molecular weight excluding hydrogens is 420 g/mol. The molecule has 4 aromatic carbocycles. The summed E-state index contributed by atoms with van der Waals surface area (Å²) in [5.41, 5.74) is 4.80. The lowest BCUT2D eigenvalue weighted by Crippen LogP contribution is -2.03. The second-order valence-electron chi connectivity index (χ2n) is 8.27. The average Bonchev–Trinajstić information content (AvgIpc) is 2.82. The summed E-state index contributed by atoms with van der Waals surface area (Å²) < 4.78 is 0. The van der Waals surface area contributed by atoms with Crippen LogP contribution in [0.5, 0.6) is 0 Å². The molecule has 1 aliphatic carbocycles. The van der Waals surface area contributed by atoms with Crippen LogP contribution in [0.15, 0.2) is 72.9 Å². The van der Waals surface area contributed by atoms with Gasteiger partial charge in [0.2, 0.25) is 0 Å². The molecule has 0 spiro atoms. The molecular formula is C27H21ClN2O2. The lowest BCUT2D eigenvalue weighted by Gasteiger charge is -2.19. The molecule has 1 aromatic heterocycles. The van der Waals surface area contributed by atoms with E-state index in [0.29, 0.717) is 5.39 Å². The van der Waals surface area contributed by atoms with Crippen molar-refractivity contribution in [2.45, 2.75) is 25.7 Å². The third-order valence-electron chi connectivity index (χ3n) is 6.62. The van der Waals surface area contributed by atoms with Gasteiger partial charge in [-0.2, -0.15) is 0 Å². The van der Waals surface area contributed by atoms with E-state index in [9.17, 15) is 10.1 Å². The van der Waals surface area contributed by atoms with E-state index in [1.807, 2.05) is 18.2 Å². The van der Waals surface area contributed by atoms with E-state index in [-0.39, 0.29) is 23.0 Å². The molecule has 0 atom stereocenters. The van der Waals surface area contributed by atoms with E-state index in [1.54, 1.807) is 6.07 Å². The Morgan fingerprint density at radius 3 is 2.25 bits per heavy atom. The Kier molecular flexibility index (Phi) is 5.03. The van der Waals surface area contributed by atoms with Crippen LogP contribution < -0.4 is 0 Å². The number of halogens is 1. The number of nitro groups is 1. The van der Waals surface area contributed by atoms with Gasteiger partial charge in [-0.05, 0) is 64.4 Å². The fourth-order valence-corrected chi connectivity index (χ4v) is 5.17. The zero-order chi connectivity index (χ0) is 20.9. The summed E-state index contributed by atoms with van der Waals surface area (Å²) in [5, 5.41) is 17.9. The summed E-state index contributed by atoms with van der Waals surface area (Å²) in [7, 11) is 0. The lowest BCUT2D eigenvalue weighted by atomic mass is 9.86. The smallest absolute Gasteiger partial charge is 0.258 e. The number of hydrogen-bond donors (Lipinski definition) is 0. The van der Waals surface area contributed by atoms with Crippen molar-refractivity contribution in [2.24, 2.45) is 0 Å². The van der Waals surface area contributed by atoms with E-state index < -0.39 is 0 Å². The fraction of sp³-hybridized carbons (Fsp3) is 0.148. The van der Waals surface area contributed by atoms with Crippen LogP contribution in [-0.4, -0.2) is 9.91 Å². The summed E-state index contributed by atoms with van der Waals surface area (Å²) in [5.74, 6) is 0. The van der Waals surface area contributed by atoms with Gasteiger partial charge in [-0.25, -0.2) is 4.98 Å². The van der Waals surface area contributed by atoms with Crippen LogP contribution >= 0.6 is 12.4 Å². The predicted molar refractivity (Wildman–Crippen MR) is 133 cm³/mol. The molecule has 6 rings (SSSR count). The first-order valence-corrected chi connectivity index (χ1v) is 10.7. The van der Waals surface area contributed by atoms with Crippen molar-refractivity contribution in [2.75, 3.05) is 0 Å². The molecule has 1 heterocycles. The third kappa shape index (κ3) is 3.02. The molecule has 0 unspecified atom stereocenters. The van der Waals surface area contributed by atoms with Crippen molar-refractivity contribution in [3.8, 4) is 11.3 Å². The van der Waals surface area contributed by atoms with Gasteiger partial charge in [-0.15, -0.1) is 12.4 Å². The Morgan fingerprint density at radius 2 is 1.41 bits per heavy atom. The molecule has 0 N–H and O–H groups in total. The quantitative estimate of drug-likeness (QED) is 0.163. The number of aromatic nitrogens is 1. The highest BCUT2D eigenvalue weighted by molar-refractivity contribution is 6.15. The average molecular weight is 441 g/mol. The maximum atomic E-state index is 11.5. The van der Waals surface area contributed by atoms with Gasteiger partial charge in [0.15, 0.2) is 0 Å². The van der Waals surface area contributed by atoms with Gasteiger partial charge in [0.05, 0.1) is 16.0 Å². The standard InChI is InChI=1S/C27H20N2O2.ClH/c30-29(31)26-16-28-27(25-9-4-3-8-23(25)26)24-11-5-10-19-21-13-12-17-6-1-2-7-18(17)20(21)14-15-22(19)24;/h3-5,8-16H,1-2,6-7H2;1H. The molecule has 0 saturated carbocycles. The third-order valence-corrected chi connectivity index (χ3v) is 6.62. The van der Waals surface area contributed by atoms with Crippen LogP contribution in [0, 0.1) is 10.1 Å². The summed E-state index contributed by atoms with van der Waals surface area (Å²) in [4.78, 5) is 15.7. The number of pyridine rings is 1. The number of benzene rings is 4. The maximum Gasteiger partial charge on any atom is 0.295 e. The maximum absolute atomic E-state index is 11.5. The minimum absolute atomic E-state index is 0. The van der Waals surface area contributed by atoms with E-state index in [1.165, 1.54) is 52.7 Å². The van der Waals surface area contributed by atoms with E-state index in [0.717, 1.165) is 28.5 Å². The Bertz CT molecular complexity index is 1530. The number of fused-ring (bicyclic) bond motifs is 6. The van der Waals surface area contributed by atoms with Crippen LogP contribution in [-0.2, 0) is 12.8 Å². The van der Waals surface area contributed by atoms with Gasteiger partial charge in [0, 0.05) is 10.9 Å². The summed E-state index contributed by atoms with van der Waals surface area (Å²) in [6, 6.07) is 22.7. The topological polar surface area (TPSA) is 56.0 Å². The molecule has 0 aliphatic heterocycles. The molecule has 5 aromatic rings. The summed E-state index contributed by atoms with van der Waals surface area (Å²) in [6.07, 6.45) is 6.22. The van der Waals surface area contributed by atoms with Gasteiger partial charge in [0.1, 0.15) is 6.20 Å². The van der Waals surface area contributed by atoms with Crippen molar-refractivity contribution < 1.29 is 4.92 Å². The van der Waals surface area contributed by atoms with Gasteiger partial charge in [-0.3, -0.25) is 10.1 Å². The predicted octanol–water partition coefficient (Wildman–Crippen LogP) is 7.42. The molecule has 1 aliphatic rings. The van der Waals surface area contributed by atoms with Crippen molar-refractivity contribution in [3.63, 3.8) is 0 Å². The Hall–Kier alpha value is -3.50. The first-order valence-electron chi connectivity index (χ1n) is 10.7. The van der Waals surface area contributed by atoms with Gasteiger partial charge >= 0.3 is 0 Å². The molecule has 32 heavy (non-hydrogen) atoms. The highest BCUT2D eigenvalue weighted by atomic mass is 35.5.